The van der Waals surface area contributed by atoms with Gasteiger partial charge in [0.2, 0.25) is 0 Å². The number of ether oxygens (including phenoxy) is 1. The minimum atomic E-state index is -4.80. The molecule has 0 bridgehead atoms. The Morgan fingerprint density at radius 2 is 2.06 bits per heavy atom. The third-order valence-corrected chi connectivity index (χ3v) is 6.36. The number of nitrogens with one attached hydrogen (secondary N) is 1. The number of nitrogens with zero attached hydrogens (tertiary/aromatic N) is 4. The number of alkyl halides is 3. The molecule has 1 aliphatic carbocycles. The first-order chi connectivity index (χ1) is 16.1. The first-order valence-corrected chi connectivity index (χ1v) is 10.8. The minimum absolute atomic E-state index is 0.0240. The van der Waals surface area contributed by atoms with E-state index in [4.69, 9.17) is 4.74 Å². The van der Waals surface area contributed by atoms with Gasteiger partial charge in [-0.25, -0.2) is 13.9 Å². The zero-order valence-corrected chi connectivity index (χ0v) is 18.1. The summed E-state index contributed by atoms with van der Waals surface area (Å²) in [4.78, 5) is 21.5. The molecule has 1 saturated carbocycles. The quantitative estimate of drug-likeness (QED) is 0.558. The molecule has 0 spiro atoms. The molecule has 0 radical (unpaired) electrons. The Kier molecular flexibility index (Phi) is 5.32. The maximum atomic E-state index is 14.9. The van der Waals surface area contributed by atoms with Crippen molar-refractivity contribution in [3.05, 3.63) is 58.6 Å². The van der Waals surface area contributed by atoms with E-state index in [1.807, 2.05) is 0 Å². The lowest BCUT2D eigenvalue weighted by molar-refractivity contribution is -0.138. The number of aromatic nitrogens is 4. The van der Waals surface area contributed by atoms with E-state index >= 15 is 0 Å². The summed E-state index contributed by atoms with van der Waals surface area (Å²) in [6, 6.07) is 0.306. The highest BCUT2D eigenvalue weighted by Crippen LogP contribution is 2.40. The molecule has 3 aromatic heterocycles. The lowest BCUT2D eigenvalue weighted by Crippen LogP contribution is -2.59. The number of carbonyl (C=O) groups is 1. The number of carbonyl (C=O) groups excluding carboxylic acids is 1. The van der Waals surface area contributed by atoms with Gasteiger partial charge in [-0.05, 0) is 37.3 Å². The number of pyridine rings is 1. The fourth-order valence-corrected chi connectivity index (χ4v) is 4.36. The fraction of sp³-hybridized carbons (Fsp3) is 0.455. The monoisotopic (exact) mass is 479 g/mol. The molecule has 1 amide bonds. The van der Waals surface area contributed by atoms with Crippen LogP contribution < -0.4 is 5.32 Å². The maximum Gasteiger partial charge on any atom is 0.417 e. The number of rotatable bonds is 4. The molecule has 34 heavy (non-hydrogen) atoms. The van der Waals surface area contributed by atoms with Crippen LogP contribution in [0.3, 0.4) is 0 Å². The highest BCUT2D eigenvalue weighted by molar-refractivity contribution is 6.01. The molecular formula is C22H21F4N5O3. The number of fused-ring (bicyclic) bond motifs is 1. The van der Waals surface area contributed by atoms with E-state index in [2.05, 4.69) is 20.4 Å². The Hall–Kier alpha value is -3.12. The zero-order valence-electron chi connectivity index (χ0n) is 18.1. The third kappa shape index (κ3) is 3.80. The molecule has 5 rings (SSSR count). The summed E-state index contributed by atoms with van der Waals surface area (Å²) >= 11 is 0. The van der Waals surface area contributed by atoms with Crippen molar-refractivity contribution in [2.24, 2.45) is 0 Å². The molecule has 12 heteroatoms. The van der Waals surface area contributed by atoms with Gasteiger partial charge in [0.05, 0.1) is 17.9 Å². The second-order valence-corrected chi connectivity index (χ2v) is 8.71. The van der Waals surface area contributed by atoms with Gasteiger partial charge in [0.1, 0.15) is 28.7 Å². The van der Waals surface area contributed by atoms with E-state index in [1.165, 1.54) is 4.52 Å². The second-order valence-electron chi connectivity index (χ2n) is 8.71. The van der Waals surface area contributed by atoms with Crippen LogP contribution in [0.5, 0.6) is 0 Å². The van der Waals surface area contributed by atoms with E-state index < -0.39 is 40.8 Å². The standard InChI is InChI=1S/C22H21F4N5O3/c1-11-17(19-28-7-13(12-2-3-12)9-31(19)30-11)20(33)29-21(4-5-34-10-16(21)32)18-15(23)6-14(8-27-18)22(24,25)26/h6-9,12,16,32H,2-5,10H2,1H3,(H,29,33)/t16?,21-/m1/s1. The van der Waals surface area contributed by atoms with Crippen molar-refractivity contribution in [1.29, 1.82) is 0 Å². The summed E-state index contributed by atoms with van der Waals surface area (Å²) in [6.45, 7) is 1.37. The van der Waals surface area contributed by atoms with Crippen LogP contribution in [0.25, 0.3) is 5.65 Å². The Bertz CT molecular complexity index is 1270. The summed E-state index contributed by atoms with van der Waals surface area (Å²) in [5.74, 6) is -1.57. The SMILES string of the molecule is Cc1nn2cc(C3CC3)cnc2c1C(=O)N[C@]1(c2ncc(C(F)(F)F)cc2F)CCOCC1O. The number of amides is 1. The highest BCUT2D eigenvalue weighted by atomic mass is 19.4. The van der Waals surface area contributed by atoms with Gasteiger partial charge < -0.3 is 15.2 Å². The summed E-state index contributed by atoms with van der Waals surface area (Å²) in [5, 5.41) is 17.8. The van der Waals surface area contributed by atoms with Crippen molar-refractivity contribution in [2.75, 3.05) is 13.2 Å². The van der Waals surface area contributed by atoms with Gasteiger partial charge in [-0.1, -0.05) is 0 Å². The molecule has 3 aromatic rings. The Labute approximate surface area is 191 Å². The average Bonchev–Trinajstić information content (AvgIpc) is 3.56. The Morgan fingerprint density at radius 3 is 2.71 bits per heavy atom. The van der Waals surface area contributed by atoms with Crippen LogP contribution in [0.15, 0.2) is 24.7 Å². The minimum Gasteiger partial charge on any atom is -0.388 e. The second kappa shape index (κ2) is 7.98. The Balaban J connectivity index is 1.54. The fourth-order valence-electron chi connectivity index (χ4n) is 4.36. The number of aliphatic hydroxyl groups excluding tert-OH is 1. The van der Waals surface area contributed by atoms with Gasteiger partial charge in [0.25, 0.3) is 5.91 Å². The third-order valence-electron chi connectivity index (χ3n) is 6.36. The lowest BCUT2D eigenvalue weighted by Gasteiger charge is -2.41. The van der Waals surface area contributed by atoms with E-state index in [0.717, 1.165) is 18.4 Å². The molecule has 1 aliphatic heterocycles. The van der Waals surface area contributed by atoms with Crippen LogP contribution in [0.4, 0.5) is 17.6 Å². The predicted molar refractivity (Wildman–Crippen MR) is 109 cm³/mol. The summed E-state index contributed by atoms with van der Waals surface area (Å²) in [5.41, 5.74) is -1.82. The lowest BCUT2D eigenvalue weighted by atomic mass is 9.82. The summed E-state index contributed by atoms with van der Waals surface area (Å²) in [6.07, 6.45) is -0.260. The van der Waals surface area contributed by atoms with Gasteiger partial charge in [-0.2, -0.15) is 18.3 Å². The van der Waals surface area contributed by atoms with Crippen molar-refractivity contribution in [2.45, 2.75) is 49.9 Å². The molecule has 2 fully saturated rings. The highest BCUT2D eigenvalue weighted by Gasteiger charge is 2.48. The topological polar surface area (TPSA) is 102 Å². The van der Waals surface area contributed by atoms with Crippen molar-refractivity contribution < 1.29 is 32.2 Å². The normalized spacial score (nSPS) is 23.3. The number of hydrogen-bond acceptors (Lipinski definition) is 6. The van der Waals surface area contributed by atoms with Crippen LogP contribution in [-0.2, 0) is 16.5 Å². The van der Waals surface area contributed by atoms with Crippen LogP contribution in [0, 0.1) is 12.7 Å². The molecule has 180 valence electrons. The molecule has 1 unspecified atom stereocenters. The molecule has 2 N–H and O–H groups in total. The molecule has 0 aromatic carbocycles. The van der Waals surface area contributed by atoms with E-state index in [-0.39, 0.29) is 30.8 Å². The first-order valence-electron chi connectivity index (χ1n) is 10.8. The van der Waals surface area contributed by atoms with Crippen LogP contribution >= 0.6 is 0 Å². The van der Waals surface area contributed by atoms with Gasteiger partial charge in [0.15, 0.2) is 5.65 Å². The van der Waals surface area contributed by atoms with Gasteiger partial charge in [0, 0.05) is 31.6 Å². The molecule has 2 atom stereocenters. The number of aliphatic hydroxyl groups is 1. The smallest absolute Gasteiger partial charge is 0.388 e. The zero-order chi connectivity index (χ0) is 24.3. The molecule has 2 aliphatic rings. The van der Waals surface area contributed by atoms with Crippen LogP contribution in [0.1, 0.15) is 58.1 Å². The van der Waals surface area contributed by atoms with Crippen LogP contribution in [-0.4, -0.2) is 49.9 Å². The Morgan fingerprint density at radius 1 is 1.29 bits per heavy atom. The summed E-state index contributed by atoms with van der Waals surface area (Å²) in [7, 11) is 0. The first kappa shape index (κ1) is 22.7. The van der Waals surface area contributed by atoms with E-state index in [1.54, 1.807) is 19.3 Å². The van der Waals surface area contributed by atoms with Gasteiger partial charge in [-0.15, -0.1) is 0 Å². The van der Waals surface area contributed by atoms with Gasteiger partial charge in [-0.3, -0.25) is 9.78 Å². The van der Waals surface area contributed by atoms with E-state index in [0.29, 0.717) is 23.9 Å². The number of halogens is 4. The molecular weight excluding hydrogens is 458 g/mol. The van der Waals surface area contributed by atoms with E-state index in [9.17, 15) is 27.5 Å². The maximum absolute atomic E-state index is 14.9. The van der Waals surface area contributed by atoms with Crippen LogP contribution in [0.2, 0.25) is 0 Å². The van der Waals surface area contributed by atoms with Crippen molar-refractivity contribution in [1.82, 2.24) is 24.9 Å². The molecule has 8 nitrogen and oxygen atoms in total. The molecule has 1 saturated heterocycles. The van der Waals surface area contributed by atoms with Crippen molar-refractivity contribution >= 4 is 11.6 Å². The van der Waals surface area contributed by atoms with Gasteiger partial charge >= 0.3 is 6.18 Å². The number of aryl methyl sites for hydroxylation is 1. The number of hydrogen-bond donors (Lipinski definition) is 2. The predicted octanol–water partition coefficient (Wildman–Crippen LogP) is 2.87. The van der Waals surface area contributed by atoms with Crippen molar-refractivity contribution in [3.8, 4) is 0 Å². The largest absolute Gasteiger partial charge is 0.417 e. The average molecular weight is 479 g/mol. The molecule has 4 heterocycles. The van der Waals surface area contributed by atoms with Crippen molar-refractivity contribution in [3.63, 3.8) is 0 Å². The summed E-state index contributed by atoms with van der Waals surface area (Å²) < 4.78 is 60.7.